The Bertz CT molecular complexity index is 733. The van der Waals surface area contributed by atoms with E-state index in [9.17, 15) is 9.59 Å². The molecule has 0 spiro atoms. The number of hydroxylamine groups is 1. The van der Waals surface area contributed by atoms with E-state index in [1.807, 2.05) is 4.57 Å². The molecule has 1 aromatic heterocycles. The minimum absolute atomic E-state index is 0.122. The number of fused-ring (bicyclic) bond motifs is 1. The third-order valence-corrected chi connectivity index (χ3v) is 7.43. The number of hydrogen-bond acceptors (Lipinski definition) is 3. The summed E-state index contributed by atoms with van der Waals surface area (Å²) in [7, 11) is 0. The summed E-state index contributed by atoms with van der Waals surface area (Å²) in [6, 6.07) is 1.91. The van der Waals surface area contributed by atoms with Crippen LogP contribution in [0.2, 0.25) is 0 Å². The second-order valence-electron chi connectivity index (χ2n) is 9.29. The van der Waals surface area contributed by atoms with Crippen LogP contribution in [0, 0.1) is 23.2 Å². The fraction of sp³-hybridized carbons (Fsp3) is 0.700. The zero-order valence-corrected chi connectivity index (χ0v) is 15.3. The fourth-order valence-electron chi connectivity index (χ4n) is 6.71. The summed E-state index contributed by atoms with van der Waals surface area (Å²) in [6.07, 6.45) is 9.03. The van der Waals surface area contributed by atoms with Crippen molar-refractivity contribution >= 4 is 11.8 Å². The zero-order chi connectivity index (χ0) is 18.1. The predicted octanol–water partition coefficient (Wildman–Crippen LogP) is 2.55. The minimum atomic E-state index is -0.501. The topological polar surface area (TPSA) is 74.6 Å². The van der Waals surface area contributed by atoms with Crippen LogP contribution >= 0.6 is 0 Å². The molecule has 1 aliphatic heterocycles. The van der Waals surface area contributed by atoms with E-state index < -0.39 is 5.91 Å². The van der Waals surface area contributed by atoms with Gasteiger partial charge in [0.05, 0.1) is 17.5 Å². The normalized spacial score (nSPS) is 37.5. The first-order valence-electron chi connectivity index (χ1n) is 9.92. The molecule has 4 fully saturated rings. The van der Waals surface area contributed by atoms with Crippen molar-refractivity contribution in [3.63, 3.8) is 0 Å². The Labute approximate surface area is 153 Å². The van der Waals surface area contributed by atoms with Gasteiger partial charge in [0.1, 0.15) is 0 Å². The molecule has 6 heteroatoms. The molecule has 2 N–H and O–H groups in total. The van der Waals surface area contributed by atoms with Crippen LogP contribution in [0.25, 0.3) is 0 Å². The lowest BCUT2D eigenvalue weighted by molar-refractivity contribution is -0.161. The van der Waals surface area contributed by atoms with Crippen LogP contribution in [0.4, 0.5) is 0 Å². The van der Waals surface area contributed by atoms with E-state index in [2.05, 4.69) is 11.8 Å². The summed E-state index contributed by atoms with van der Waals surface area (Å²) in [4.78, 5) is 27.4. The van der Waals surface area contributed by atoms with Gasteiger partial charge in [0.2, 0.25) is 5.91 Å². The SMILES string of the molecule is CC1Cn2cc(C(=O)NO)cc2CN1C(=O)C12CC3CC(CC(C3)C1)C2. The van der Waals surface area contributed by atoms with E-state index in [4.69, 9.17) is 5.21 Å². The molecule has 2 heterocycles. The fourth-order valence-corrected chi connectivity index (χ4v) is 6.71. The second kappa shape index (κ2) is 5.59. The highest BCUT2D eigenvalue weighted by molar-refractivity contribution is 5.93. The Balaban J connectivity index is 1.41. The van der Waals surface area contributed by atoms with Crippen molar-refractivity contribution in [2.75, 3.05) is 0 Å². The highest BCUT2D eigenvalue weighted by atomic mass is 16.5. The molecule has 6 nitrogen and oxygen atoms in total. The van der Waals surface area contributed by atoms with Crippen molar-refractivity contribution in [1.82, 2.24) is 14.9 Å². The lowest BCUT2D eigenvalue weighted by Gasteiger charge is -2.57. The summed E-state index contributed by atoms with van der Waals surface area (Å²) < 4.78 is 2.04. The lowest BCUT2D eigenvalue weighted by atomic mass is 9.49. The summed E-state index contributed by atoms with van der Waals surface area (Å²) in [5, 5.41) is 8.86. The summed E-state index contributed by atoms with van der Waals surface area (Å²) in [5.41, 5.74) is 2.99. The van der Waals surface area contributed by atoms with E-state index in [1.165, 1.54) is 19.3 Å². The number of carbonyl (C=O) groups excluding carboxylic acids is 2. The van der Waals surface area contributed by atoms with E-state index in [0.29, 0.717) is 24.6 Å². The van der Waals surface area contributed by atoms with Gasteiger partial charge in [-0.05, 0) is 69.3 Å². The first-order chi connectivity index (χ1) is 12.5. The second-order valence-corrected chi connectivity index (χ2v) is 9.29. The van der Waals surface area contributed by atoms with Gasteiger partial charge in [-0.1, -0.05) is 0 Å². The van der Waals surface area contributed by atoms with Gasteiger partial charge in [-0.3, -0.25) is 14.8 Å². The average Bonchev–Trinajstić information content (AvgIpc) is 3.01. The Morgan fingerprint density at radius 3 is 2.35 bits per heavy atom. The minimum Gasteiger partial charge on any atom is -0.347 e. The number of hydrogen-bond donors (Lipinski definition) is 2. The third kappa shape index (κ3) is 2.34. The molecule has 1 atom stereocenters. The Kier molecular flexibility index (Phi) is 3.52. The van der Waals surface area contributed by atoms with Crippen molar-refractivity contribution in [2.24, 2.45) is 23.2 Å². The van der Waals surface area contributed by atoms with E-state index in [1.54, 1.807) is 17.7 Å². The lowest BCUT2D eigenvalue weighted by Crippen LogP contribution is -2.57. The predicted molar refractivity (Wildman–Crippen MR) is 94.3 cm³/mol. The molecule has 4 aliphatic carbocycles. The van der Waals surface area contributed by atoms with Crippen molar-refractivity contribution in [3.8, 4) is 0 Å². The van der Waals surface area contributed by atoms with Gasteiger partial charge >= 0.3 is 0 Å². The van der Waals surface area contributed by atoms with Gasteiger partial charge in [-0.25, -0.2) is 5.48 Å². The Hall–Kier alpha value is -1.82. The van der Waals surface area contributed by atoms with E-state index in [-0.39, 0.29) is 11.5 Å². The first-order valence-corrected chi connectivity index (χ1v) is 9.92. The quantitative estimate of drug-likeness (QED) is 0.631. The number of amides is 2. The highest BCUT2D eigenvalue weighted by Gasteiger charge is 2.56. The maximum atomic E-state index is 13.7. The standard InChI is InChI=1S/C20H27N3O3/c1-12-9-22-10-16(18(24)21-26)5-17(22)11-23(12)19(25)20-6-13-2-14(7-20)4-15(3-13)8-20/h5,10,12-15,26H,2-4,6-9,11H2,1H3,(H,21,24). The Morgan fingerprint density at radius 1 is 1.15 bits per heavy atom. The molecule has 5 aliphatic rings. The summed E-state index contributed by atoms with van der Waals surface area (Å²) in [5.74, 6) is 2.13. The van der Waals surface area contributed by atoms with Crippen LogP contribution in [0.3, 0.4) is 0 Å². The number of rotatable bonds is 2. The summed E-state index contributed by atoms with van der Waals surface area (Å²) >= 11 is 0. The zero-order valence-electron chi connectivity index (χ0n) is 15.3. The van der Waals surface area contributed by atoms with E-state index >= 15 is 0 Å². The molecule has 0 radical (unpaired) electrons. The van der Waals surface area contributed by atoms with Crippen LogP contribution in [-0.2, 0) is 17.9 Å². The molecule has 1 unspecified atom stereocenters. The molecule has 0 saturated heterocycles. The van der Waals surface area contributed by atoms with Crippen molar-refractivity contribution in [2.45, 2.75) is 64.6 Å². The number of nitrogens with zero attached hydrogens (tertiary/aromatic N) is 2. The third-order valence-electron chi connectivity index (χ3n) is 7.43. The molecule has 6 rings (SSSR count). The van der Waals surface area contributed by atoms with Crippen LogP contribution < -0.4 is 5.48 Å². The van der Waals surface area contributed by atoms with Crippen LogP contribution in [0.15, 0.2) is 12.3 Å². The first kappa shape index (κ1) is 16.4. The molecule has 140 valence electrons. The van der Waals surface area contributed by atoms with Gasteiger partial charge in [0.15, 0.2) is 0 Å². The molecule has 0 aromatic carbocycles. The summed E-state index contributed by atoms with van der Waals surface area (Å²) in [6.45, 7) is 3.36. The van der Waals surface area contributed by atoms with Crippen molar-refractivity contribution < 1.29 is 14.8 Å². The molecule has 4 saturated carbocycles. The maximum absolute atomic E-state index is 13.7. The van der Waals surface area contributed by atoms with Crippen LogP contribution in [-0.4, -0.2) is 32.5 Å². The highest BCUT2D eigenvalue weighted by Crippen LogP contribution is 2.60. The smallest absolute Gasteiger partial charge is 0.276 e. The largest absolute Gasteiger partial charge is 0.347 e. The van der Waals surface area contributed by atoms with Gasteiger partial charge in [0, 0.05) is 24.5 Å². The van der Waals surface area contributed by atoms with Gasteiger partial charge in [0.25, 0.3) is 5.91 Å². The molecular formula is C20H27N3O3. The molecule has 4 bridgehead atoms. The van der Waals surface area contributed by atoms with Gasteiger partial charge in [-0.2, -0.15) is 0 Å². The molecule has 26 heavy (non-hydrogen) atoms. The van der Waals surface area contributed by atoms with Gasteiger partial charge in [-0.15, -0.1) is 0 Å². The number of nitrogens with one attached hydrogen (secondary N) is 1. The molecule has 2 amide bonds. The van der Waals surface area contributed by atoms with Gasteiger partial charge < -0.3 is 9.47 Å². The van der Waals surface area contributed by atoms with E-state index in [0.717, 1.165) is 42.7 Å². The number of aromatic nitrogens is 1. The van der Waals surface area contributed by atoms with Crippen molar-refractivity contribution in [1.29, 1.82) is 0 Å². The monoisotopic (exact) mass is 357 g/mol. The maximum Gasteiger partial charge on any atom is 0.276 e. The Morgan fingerprint density at radius 2 is 1.77 bits per heavy atom. The molecule has 1 aromatic rings. The average molecular weight is 357 g/mol. The molecular weight excluding hydrogens is 330 g/mol. The number of carbonyl (C=O) groups is 2. The van der Waals surface area contributed by atoms with Crippen LogP contribution in [0.5, 0.6) is 0 Å². The van der Waals surface area contributed by atoms with Crippen molar-refractivity contribution in [3.05, 3.63) is 23.5 Å². The van der Waals surface area contributed by atoms with Crippen LogP contribution in [0.1, 0.15) is 61.5 Å².